The Labute approximate surface area is 110 Å². The average Bonchev–Trinajstić information content (AvgIpc) is 2.41. The molecule has 0 bridgehead atoms. The third-order valence-electron chi connectivity index (χ3n) is 2.57. The Kier molecular flexibility index (Phi) is 4.36. The molecule has 0 aliphatic heterocycles. The Bertz CT molecular complexity index is 502. The van der Waals surface area contributed by atoms with Crippen molar-refractivity contribution in [2.24, 2.45) is 0 Å². The highest BCUT2D eigenvalue weighted by Crippen LogP contribution is 2.26. The first-order valence-corrected chi connectivity index (χ1v) is 6.56. The fraction of sp³-hybridized carbons (Fsp3) is 0.143. The van der Waals surface area contributed by atoms with Crippen LogP contribution in [0.25, 0.3) is 0 Å². The van der Waals surface area contributed by atoms with Gasteiger partial charge in [-0.3, -0.25) is 9.78 Å². The van der Waals surface area contributed by atoms with Crippen LogP contribution in [0.3, 0.4) is 0 Å². The topological polar surface area (TPSA) is 50.2 Å². The van der Waals surface area contributed by atoms with Crippen molar-refractivity contribution in [3.05, 3.63) is 60.4 Å². The van der Waals surface area contributed by atoms with Crippen LogP contribution in [0.4, 0.5) is 0 Å². The number of hydrogen-bond acceptors (Lipinski definition) is 3. The molecule has 1 atom stereocenters. The molecule has 0 amide bonds. The summed E-state index contributed by atoms with van der Waals surface area (Å²) >= 11 is 1.53. The monoisotopic (exact) mass is 259 g/mol. The van der Waals surface area contributed by atoms with E-state index in [0.717, 1.165) is 10.5 Å². The second-order valence-electron chi connectivity index (χ2n) is 3.80. The zero-order chi connectivity index (χ0) is 12.8. The van der Waals surface area contributed by atoms with Gasteiger partial charge >= 0.3 is 5.97 Å². The van der Waals surface area contributed by atoms with Crippen LogP contribution >= 0.6 is 11.8 Å². The molecule has 3 nitrogen and oxygen atoms in total. The van der Waals surface area contributed by atoms with Crippen molar-refractivity contribution >= 4 is 17.7 Å². The molecular weight excluding hydrogens is 246 g/mol. The molecule has 1 unspecified atom stereocenters. The Morgan fingerprint density at radius 2 is 1.83 bits per heavy atom. The number of hydrogen-bond donors (Lipinski definition) is 1. The fourth-order valence-corrected chi connectivity index (χ4v) is 2.62. The lowest BCUT2D eigenvalue weighted by Gasteiger charge is -2.12. The highest BCUT2D eigenvalue weighted by atomic mass is 32.2. The lowest BCUT2D eigenvalue weighted by atomic mass is 10.0. The molecular formula is C14H13NO2S. The predicted octanol–water partition coefficient (Wildman–Crippen LogP) is 3.04. The van der Waals surface area contributed by atoms with E-state index in [9.17, 15) is 9.90 Å². The highest BCUT2D eigenvalue weighted by molar-refractivity contribution is 7.99. The summed E-state index contributed by atoms with van der Waals surface area (Å²) in [6, 6.07) is 13.1. The van der Waals surface area contributed by atoms with Gasteiger partial charge in [0.2, 0.25) is 0 Å². The third-order valence-corrected chi connectivity index (χ3v) is 3.67. The zero-order valence-corrected chi connectivity index (χ0v) is 10.5. The lowest BCUT2D eigenvalue weighted by molar-refractivity contribution is -0.138. The zero-order valence-electron chi connectivity index (χ0n) is 9.69. The van der Waals surface area contributed by atoms with E-state index in [-0.39, 0.29) is 0 Å². The molecule has 4 heteroatoms. The molecule has 0 fully saturated rings. The van der Waals surface area contributed by atoms with Gasteiger partial charge in [0.05, 0.1) is 5.92 Å². The van der Waals surface area contributed by atoms with Crippen LogP contribution in [-0.4, -0.2) is 21.8 Å². The largest absolute Gasteiger partial charge is 0.481 e. The van der Waals surface area contributed by atoms with Gasteiger partial charge in [-0.05, 0) is 17.7 Å². The van der Waals surface area contributed by atoms with Crippen LogP contribution in [-0.2, 0) is 4.79 Å². The van der Waals surface area contributed by atoms with Crippen LogP contribution < -0.4 is 0 Å². The number of aliphatic carboxylic acids is 1. The van der Waals surface area contributed by atoms with Gasteiger partial charge in [-0.2, -0.15) is 0 Å². The number of thioether (sulfide) groups is 1. The van der Waals surface area contributed by atoms with Crippen LogP contribution in [0.15, 0.2) is 59.8 Å². The van der Waals surface area contributed by atoms with E-state index in [0.29, 0.717) is 5.75 Å². The van der Waals surface area contributed by atoms with Crippen molar-refractivity contribution in [3.8, 4) is 0 Å². The van der Waals surface area contributed by atoms with Crippen LogP contribution in [0.1, 0.15) is 11.5 Å². The Morgan fingerprint density at radius 1 is 1.17 bits per heavy atom. The van der Waals surface area contributed by atoms with Gasteiger partial charge in [0, 0.05) is 23.0 Å². The number of carbonyl (C=O) groups is 1. The second-order valence-corrected chi connectivity index (χ2v) is 4.89. The first-order valence-electron chi connectivity index (χ1n) is 5.58. The summed E-state index contributed by atoms with van der Waals surface area (Å²) in [5.41, 5.74) is 0.839. The summed E-state index contributed by atoms with van der Waals surface area (Å²) in [5, 5.41) is 9.28. The van der Waals surface area contributed by atoms with Gasteiger partial charge in [-0.1, -0.05) is 30.3 Å². The molecule has 1 aromatic carbocycles. The molecule has 0 spiro atoms. The Hall–Kier alpha value is -1.81. The lowest BCUT2D eigenvalue weighted by Crippen LogP contribution is -2.13. The van der Waals surface area contributed by atoms with Crippen molar-refractivity contribution < 1.29 is 9.90 Å². The maximum absolute atomic E-state index is 11.3. The maximum Gasteiger partial charge on any atom is 0.311 e. The van der Waals surface area contributed by atoms with Crippen molar-refractivity contribution in [3.63, 3.8) is 0 Å². The molecule has 0 aliphatic rings. The third kappa shape index (κ3) is 3.34. The van der Waals surface area contributed by atoms with Gasteiger partial charge in [0.15, 0.2) is 0 Å². The minimum Gasteiger partial charge on any atom is -0.481 e. The second kappa shape index (κ2) is 6.21. The van der Waals surface area contributed by atoms with Crippen molar-refractivity contribution in [1.82, 2.24) is 4.98 Å². The van der Waals surface area contributed by atoms with Gasteiger partial charge in [0.1, 0.15) is 0 Å². The standard InChI is InChI=1S/C14H13NO2S/c16-14(17)13(11-4-2-1-3-5-11)10-18-12-6-8-15-9-7-12/h1-9,13H,10H2,(H,16,17). The van der Waals surface area contributed by atoms with Crippen LogP contribution in [0, 0.1) is 0 Å². The molecule has 92 valence electrons. The summed E-state index contributed by atoms with van der Waals surface area (Å²) in [6.07, 6.45) is 3.42. The minimum atomic E-state index is -0.789. The molecule has 0 saturated carbocycles. The molecule has 2 rings (SSSR count). The van der Waals surface area contributed by atoms with Crippen molar-refractivity contribution in [2.45, 2.75) is 10.8 Å². The van der Waals surface area contributed by atoms with Gasteiger partial charge in [-0.15, -0.1) is 11.8 Å². The van der Waals surface area contributed by atoms with Gasteiger partial charge in [0.25, 0.3) is 0 Å². The van der Waals surface area contributed by atoms with Crippen LogP contribution in [0.5, 0.6) is 0 Å². The number of carboxylic acids is 1. The summed E-state index contributed by atoms with van der Waals surface area (Å²) in [6.45, 7) is 0. The number of carboxylic acid groups (broad SMARTS) is 1. The summed E-state index contributed by atoms with van der Waals surface area (Å²) < 4.78 is 0. The molecule has 0 radical (unpaired) electrons. The van der Waals surface area contributed by atoms with E-state index >= 15 is 0 Å². The van der Waals surface area contributed by atoms with E-state index in [2.05, 4.69) is 4.98 Å². The molecule has 1 heterocycles. The summed E-state index contributed by atoms with van der Waals surface area (Å²) in [5.74, 6) is -0.754. The highest BCUT2D eigenvalue weighted by Gasteiger charge is 2.19. The first-order chi connectivity index (χ1) is 8.77. The van der Waals surface area contributed by atoms with E-state index in [1.54, 1.807) is 12.4 Å². The number of benzene rings is 1. The number of pyridine rings is 1. The van der Waals surface area contributed by atoms with Crippen LogP contribution in [0.2, 0.25) is 0 Å². The maximum atomic E-state index is 11.3. The number of nitrogens with zero attached hydrogens (tertiary/aromatic N) is 1. The van der Waals surface area contributed by atoms with Gasteiger partial charge < -0.3 is 5.11 Å². The average molecular weight is 259 g/mol. The minimum absolute atomic E-state index is 0.482. The summed E-state index contributed by atoms with van der Waals surface area (Å²) in [7, 11) is 0. The van der Waals surface area contributed by atoms with Crippen molar-refractivity contribution in [2.75, 3.05) is 5.75 Å². The van der Waals surface area contributed by atoms with E-state index in [1.165, 1.54) is 11.8 Å². The SMILES string of the molecule is O=C(O)C(CSc1ccncc1)c1ccccc1. The molecule has 18 heavy (non-hydrogen) atoms. The first kappa shape index (κ1) is 12.6. The molecule has 1 N–H and O–H groups in total. The molecule has 0 aliphatic carbocycles. The fourth-order valence-electron chi connectivity index (χ4n) is 1.61. The Balaban J connectivity index is 2.06. The van der Waals surface area contributed by atoms with Crippen molar-refractivity contribution in [1.29, 1.82) is 0 Å². The summed E-state index contributed by atoms with van der Waals surface area (Å²) in [4.78, 5) is 16.3. The van der Waals surface area contributed by atoms with Gasteiger partial charge in [-0.25, -0.2) is 0 Å². The molecule has 1 aromatic heterocycles. The quantitative estimate of drug-likeness (QED) is 0.838. The predicted molar refractivity (Wildman–Crippen MR) is 71.8 cm³/mol. The number of aromatic nitrogens is 1. The Morgan fingerprint density at radius 3 is 2.44 bits per heavy atom. The normalized spacial score (nSPS) is 12.0. The van der Waals surface area contributed by atoms with E-state index < -0.39 is 11.9 Å². The van der Waals surface area contributed by atoms with E-state index in [1.807, 2.05) is 42.5 Å². The molecule has 0 saturated heterocycles. The number of rotatable bonds is 5. The van der Waals surface area contributed by atoms with E-state index in [4.69, 9.17) is 0 Å². The smallest absolute Gasteiger partial charge is 0.311 e. The molecule has 2 aromatic rings.